The molecular weight excluding hydrogens is 424 g/mol. The molecule has 1 fully saturated rings. The van der Waals surface area contributed by atoms with Crippen LogP contribution in [0.1, 0.15) is 28.8 Å². The first kappa shape index (κ1) is 22.0. The molecule has 168 valence electrons. The third-order valence-corrected chi connectivity index (χ3v) is 5.07. The van der Waals surface area contributed by atoms with Crippen LogP contribution in [0.3, 0.4) is 0 Å². The molecule has 0 unspecified atom stereocenters. The molecule has 0 radical (unpaired) electrons. The number of methoxy groups -OCH3 is 1. The monoisotopic (exact) mass is 446 g/mol. The van der Waals surface area contributed by atoms with Crippen molar-refractivity contribution in [2.24, 2.45) is 5.73 Å². The van der Waals surface area contributed by atoms with Crippen LogP contribution in [-0.2, 0) is 4.74 Å². The normalized spacial score (nSPS) is 13.7. The zero-order chi connectivity index (χ0) is 23.2. The van der Waals surface area contributed by atoms with Gasteiger partial charge in [0.1, 0.15) is 29.3 Å². The molecule has 3 heterocycles. The van der Waals surface area contributed by atoms with Gasteiger partial charge in [-0.05, 0) is 36.4 Å². The number of anilines is 2. The van der Waals surface area contributed by atoms with Crippen LogP contribution in [-0.4, -0.2) is 47.3 Å². The van der Waals surface area contributed by atoms with Crippen molar-refractivity contribution in [3.05, 3.63) is 53.7 Å². The number of ether oxygens (including phenoxy) is 3. The topological polar surface area (TPSA) is 145 Å². The zero-order valence-electron chi connectivity index (χ0n) is 17.9. The molecule has 33 heavy (non-hydrogen) atoms. The number of carbonyl (C=O) groups is 1. The van der Waals surface area contributed by atoms with Crippen LogP contribution in [0.15, 0.2) is 42.6 Å². The summed E-state index contributed by atoms with van der Waals surface area (Å²) in [6.07, 6.45) is 3.23. The Morgan fingerprint density at radius 2 is 2.03 bits per heavy atom. The van der Waals surface area contributed by atoms with Crippen molar-refractivity contribution in [3.8, 4) is 29.0 Å². The summed E-state index contributed by atoms with van der Waals surface area (Å²) >= 11 is 0. The number of amides is 1. The largest absolute Gasteiger partial charge is 0.489 e. The molecule has 0 spiro atoms. The summed E-state index contributed by atoms with van der Waals surface area (Å²) in [5.74, 6) is 0.678. The molecule has 0 bridgehead atoms. The van der Waals surface area contributed by atoms with Crippen LogP contribution < -0.4 is 20.5 Å². The number of rotatable bonds is 7. The highest BCUT2D eigenvalue weighted by Gasteiger charge is 2.18. The van der Waals surface area contributed by atoms with E-state index in [9.17, 15) is 10.1 Å². The lowest BCUT2D eigenvalue weighted by Gasteiger charge is -2.23. The van der Waals surface area contributed by atoms with Crippen molar-refractivity contribution in [1.82, 2.24) is 15.0 Å². The summed E-state index contributed by atoms with van der Waals surface area (Å²) in [6.45, 7) is 1.32. The van der Waals surface area contributed by atoms with Crippen molar-refractivity contribution in [2.75, 3.05) is 25.6 Å². The van der Waals surface area contributed by atoms with Crippen molar-refractivity contribution in [2.45, 2.75) is 18.9 Å². The highest BCUT2D eigenvalue weighted by atomic mass is 16.5. The Hall–Kier alpha value is -4.23. The third-order valence-electron chi connectivity index (χ3n) is 5.07. The summed E-state index contributed by atoms with van der Waals surface area (Å²) in [4.78, 5) is 24.4. The number of hydrogen-bond donors (Lipinski definition) is 2. The van der Waals surface area contributed by atoms with E-state index in [0.29, 0.717) is 36.0 Å². The number of primary amides is 1. The van der Waals surface area contributed by atoms with Crippen molar-refractivity contribution < 1.29 is 19.0 Å². The van der Waals surface area contributed by atoms with Gasteiger partial charge in [0.05, 0.1) is 31.6 Å². The maximum atomic E-state index is 11.5. The SMILES string of the molecule is COc1nc(Nc2nccc(-c3ccc(OC4CCOCC4)c(C#N)c3)n2)ccc1C(N)=O. The highest BCUT2D eigenvalue weighted by molar-refractivity contribution is 5.95. The standard InChI is InChI=1S/C23H22N6O4/c1-31-22-17(21(25)30)3-5-20(28-22)29-23-26-9-6-18(27-23)14-2-4-19(15(12-14)13-24)33-16-7-10-32-11-8-16/h2-6,9,12,16H,7-8,10-11H2,1H3,(H2,25,30)(H,26,27,28,29). The van der Waals surface area contributed by atoms with Gasteiger partial charge < -0.3 is 25.3 Å². The van der Waals surface area contributed by atoms with Gasteiger partial charge in [-0.15, -0.1) is 0 Å². The molecular formula is C23H22N6O4. The molecule has 1 aromatic carbocycles. The van der Waals surface area contributed by atoms with Gasteiger partial charge >= 0.3 is 0 Å². The molecule has 1 aliphatic heterocycles. The molecule has 0 saturated carbocycles. The maximum Gasteiger partial charge on any atom is 0.254 e. The lowest BCUT2D eigenvalue weighted by Crippen LogP contribution is -2.26. The molecule has 0 atom stereocenters. The van der Waals surface area contributed by atoms with Gasteiger partial charge in [-0.2, -0.15) is 10.2 Å². The highest BCUT2D eigenvalue weighted by Crippen LogP contribution is 2.28. The minimum Gasteiger partial charge on any atom is -0.489 e. The molecule has 2 aromatic heterocycles. The van der Waals surface area contributed by atoms with Crippen molar-refractivity contribution >= 4 is 17.7 Å². The Labute approximate surface area is 190 Å². The molecule has 1 saturated heterocycles. The Kier molecular flexibility index (Phi) is 6.61. The van der Waals surface area contributed by atoms with E-state index in [1.165, 1.54) is 13.2 Å². The van der Waals surface area contributed by atoms with E-state index >= 15 is 0 Å². The number of hydrogen-bond acceptors (Lipinski definition) is 9. The van der Waals surface area contributed by atoms with E-state index in [1.54, 1.807) is 30.5 Å². The smallest absolute Gasteiger partial charge is 0.254 e. The first-order valence-electron chi connectivity index (χ1n) is 10.3. The van der Waals surface area contributed by atoms with Gasteiger partial charge in [0.15, 0.2) is 0 Å². The molecule has 10 heteroatoms. The number of benzene rings is 1. The van der Waals surface area contributed by atoms with E-state index in [1.807, 2.05) is 6.07 Å². The molecule has 4 rings (SSSR count). The zero-order valence-corrected chi connectivity index (χ0v) is 17.9. The minimum absolute atomic E-state index is 0.0389. The van der Waals surface area contributed by atoms with Gasteiger partial charge in [-0.25, -0.2) is 9.97 Å². The van der Waals surface area contributed by atoms with Crippen molar-refractivity contribution in [3.63, 3.8) is 0 Å². The second kappa shape index (κ2) is 9.93. The minimum atomic E-state index is -0.637. The van der Waals surface area contributed by atoms with Gasteiger partial charge in [0.2, 0.25) is 11.8 Å². The fourth-order valence-corrected chi connectivity index (χ4v) is 3.40. The lowest BCUT2D eigenvalue weighted by atomic mass is 10.1. The van der Waals surface area contributed by atoms with E-state index < -0.39 is 5.91 Å². The first-order chi connectivity index (χ1) is 16.1. The Balaban J connectivity index is 1.55. The van der Waals surface area contributed by atoms with E-state index in [-0.39, 0.29) is 23.5 Å². The van der Waals surface area contributed by atoms with Crippen LogP contribution in [0.5, 0.6) is 11.6 Å². The third kappa shape index (κ3) is 5.16. The van der Waals surface area contributed by atoms with E-state index in [2.05, 4.69) is 26.3 Å². The van der Waals surface area contributed by atoms with Gasteiger partial charge in [0.25, 0.3) is 5.91 Å². The summed E-state index contributed by atoms with van der Waals surface area (Å²) < 4.78 is 16.5. The molecule has 3 N–H and O–H groups in total. The summed E-state index contributed by atoms with van der Waals surface area (Å²) in [5.41, 5.74) is 7.28. The fraction of sp³-hybridized carbons (Fsp3) is 0.261. The van der Waals surface area contributed by atoms with Crippen molar-refractivity contribution in [1.29, 1.82) is 5.26 Å². The predicted molar refractivity (Wildman–Crippen MR) is 119 cm³/mol. The van der Waals surface area contributed by atoms with E-state index in [0.717, 1.165) is 18.4 Å². The van der Waals surface area contributed by atoms with Crippen LogP contribution in [0.25, 0.3) is 11.3 Å². The Morgan fingerprint density at radius 3 is 2.76 bits per heavy atom. The number of nitrogens with two attached hydrogens (primary N) is 1. The summed E-state index contributed by atoms with van der Waals surface area (Å²) in [5, 5.41) is 12.6. The fourth-order valence-electron chi connectivity index (χ4n) is 3.40. The second-order valence-electron chi connectivity index (χ2n) is 7.26. The summed E-state index contributed by atoms with van der Waals surface area (Å²) in [6, 6.07) is 12.4. The maximum absolute atomic E-state index is 11.5. The number of nitrogens with zero attached hydrogens (tertiary/aromatic N) is 4. The van der Waals surface area contributed by atoms with Gasteiger partial charge in [0, 0.05) is 24.6 Å². The Bertz CT molecular complexity index is 1200. The number of nitriles is 1. The average Bonchev–Trinajstić information content (AvgIpc) is 2.85. The molecule has 1 aliphatic rings. The Morgan fingerprint density at radius 1 is 1.21 bits per heavy atom. The number of nitrogens with one attached hydrogen (secondary N) is 1. The average molecular weight is 446 g/mol. The number of carbonyl (C=O) groups excluding carboxylic acids is 1. The van der Waals surface area contributed by atoms with Crippen LogP contribution in [0.2, 0.25) is 0 Å². The number of aromatic nitrogens is 3. The molecule has 3 aromatic rings. The van der Waals surface area contributed by atoms with E-state index in [4.69, 9.17) is 19.9 Å². The lowest BCUT2D eigenvalue weighted by molar-refractivity contribution is 0.0254. The first-order valence-corrected chi connectivity index (χ1v) is 10.3. The van der Waals surface area contributed by atoms with Crippen LogP contribution in [0.4, 0.5) is 11.8 Å². The molecule has 10 nitrogen and oxygen atoms in total. The molecule has 1 amide bonds. The van der Waals surface area contributed by atoms with Crippen LogP contribution in [0, 0.1) is 11.3 Å². The van der Waals surface area contributed by atoms with Gasteiger partial charge in [-0.1, -0.05) is 0 Å². The molecule has 0 aliphatic carbocycles. The number of pyridine rings is 1. The predicted octanol–water partition coefficient (Wildman–Crippen LogP) is 2.82. The van der Waals surface area contributed by atoms with Crippen LogP contribution >= 0.6 is 0 Å². The quantitative estimate of drug-likeness (QED) is 0.559. The van der Waals surface area contributed by atoms with Gasteiger partial charge in [-0.3, -0.25) is 4.79 Å². The second-order valence-corrected chi connectivity index (χ2v) is 7.26. The summed E-state index contributed by atoms with van der Waals surface area (Å²) in [7, 11) is 1.40.